The molecule has 0 aliphatic carbocycles. The number of nitrogens with zero attached hydrogens (tertiary/aromatic N) is 4. The highest BCUT2D eigenvalue weighted by atomic mass is 16.7. The van der Waals surface area contributed by atoms with Crippen molar-refractivity contribution in [2.45, 2.75) is 0 Å². The molecule has 0 N–H and O–H groups in total. The van der Waals surface area contributed by atoms with Crippen LogP contribution in [0.15, 0.2) is 24.3 Å². The second-order valence-corrected chi connectivity index (χ2v) is 3.20. The quantitative estimate of drug-likeness (QED) is 0.639. The molecule has 2 rings (SSSR count). The molecule has 0 saturated heterocycles. The van der Waals surface area contributed by atoms with Gasteiger partial charge in [0.15, 0.2) is 0 Å². The second-order valence-electron chi connectivity index (χ2n) is 3.20. The Kier molecular flexibility index (Phi) is 2.24. The van der Waals surface area contributed by atoms with Crippen molar-refractivity contribution in [3.8, 4) is 0 Å². The van der Waals surface area contributed by atoms with Gasteiger partial charge in [-0.05, 0) is 17.3 Å². The number of amides is 1. The van der Waals surface area contributed by atoms with Gasteiger partial charge in [0.25, 0.3) is 0 Å². The molecule has 0 aliphatic rings. The van der Waals surface area contributed by atoms with E-state index in [4.69, 9.17) is 4.84 Å². The van der Waals surface area contributed by atoms with Crippen LogP contribution in [0.5, 0.6) is 0 Å². The Morgan fingerprint density at radius 1 is 1.40 bits per heavy atom. The van der Waals surface area contributed by atoms with Crippen molar-refractivity contribution in [1.82, 2.24) is 20.1 Å². The molecule has 0 unspecified atom stereocenters. The van der Waals surface area contributed by atoms with Gasteiger partial charge < -0.3 is 4.90 Å². The number of para-hydroxylation sites is 1. The minimum Gasteiger partial charge on any atom is -0.312 e. The fourth-order valence-corrected chi connectivity index (χ4v) is 1.07. The molecule has 78 valence electrons. The lowest BCUT2D eigenvalue weighted by Gasteiger charge is -2.09. The number of benzene rings is 1. The highest BCUT2D eigenvalue weighted by Gasteiger charge is 2.10. The van der Waals surface area contributed by atoms with E-state index >= 15 is 0 Å². The summed E-state index contributed by atoms with van der Waals surface area (Å²) in [6.07, 6.45) is -0.495. The highest BCUT2D eigenvalue weighted by molar-refractivity contribution is 5.75. The summed E-state index contributed by atoms with van der Waals surface area (Å²) in [5.74, 6) is 0. The van der Waals surface area contributed by atoms with Gasteiger partial charge in [0.05, 0.1) is 0 Å². The summed E-state index contributed by atoms with van der Waals surface area (Å²) in [7, 11) is 3.20. The van der Waals surface area contributed by atoms with Crippen LogP contribution >= 0.6 is 0 Å². The van der Waals surface area contributed by atoms with Gasteiger partial charge in [0, 0.05) is 14.1 Å². The molecular formula is C9H10N4O2. The van der Waals surface area contributed by atoms with Gasteiger partial charge in [0.2, 0.25) is 0 Å². The molecule has 0 radical (unpaired) electrons. The minimum absolute atomic E-state index is 0.495. The smallest absolute Gasteiger partial charge is 0.312 e. The zero-order valence-electron chi connectivity index (χ0n) is 8.41. The first-order valence-electron chi connectivity index (χ1n) is 4.38. The minimum atomic E-state index is -0.495. The first-order valence-corrected chi connectivity index (χ1v) is 4.38. The van der Waals surface area contributed by atoms with Gasteiger partial charge >= 0.3 is 6.09 Å². The lowest BCUT2D eigenvalue weighted by Crippen LogP contribution is -2.31. The third kappa shape index (κ3) is 1.74. The molecule has 1 heterocycles. The fraction of sp³-hybridized carbons (Fsp3) is 0.222. The Morgan fingerprint density at radius 3 is 2.87 bits per heavy atom. The van der Waals surface area contributed by atoms with Gasteiger partial charge in [-0.2, -0.15) is 0 Å². The molecule has 0 atom stereocenters. The van der Waals surface area contributed by atoms with E-state index in [0.29, 0.717) is 11.0 Å². The highest BCUT2D eigenvalue weighted by Crippen LogP contribution is 2.08. The van der Waals surface area contributed by atoms with Gasteiger partial charge in [-0.3, -0.25) is 4.84 Å². The second kappa shape index (κ2) is 3.56. The van der Waals surface area contributed by atoms with E-state index in [0.717, 1.165) is 4.85 Å². The molecule has 1 amide bonds. The van der Waals surface area contributed by atoms with Crippen LogP contribution in [0.3, 0.4) is 0 Å². The van der Waals surface area contributed by atoms with Crippen molar-refractivity contribution in [3.05, 3.63) is 24.3 Å². The molecule has 0 aliphatic heterocycles. The first-order chi connectivity index (χ1) is 7.18. The summed E-state index contributed by atoms with van der Waals surface area (Å²) < 4.78 is 0. The Hall–Kier alpha value is -2.11. The fourth-order valence-electron chi connectivity index (χ4n) is 1.07. The van der Waals surface area contributed by atoms with Gasteiger partial charge in [-0.15, -0.1) is 5.10 Å². The number of hydrogen-bond donors (Lipinski definition) is 0. The van der Waals surface area contributed by atoms with Gasteiger partial charge in [-0.1, -0.05) is 17.0 Å². The summed E-state index contributed by atoms with van der Waals surface area (Å²) in [5, 5.41) is 7.56. The van der Waals surface area contributed by atoms with Crippen molar-refractivity contribution < 1.29 is 9.63 Å². The lowest BCUT2D eigenvalue weighted by molar-refractivity contribution is 0.0947. The van der Waals surface area contributed by atoms with E-state index in [1.807, 2.05) is 12.1 Å². The van der Waals surface area contributed by atoms with E-state index in [1.165, 1.54) is 4.90 Å². The SMILES string of the molecule is CN(C)C(=O)On1nnc2ccccc21. The zero-order chi connectivity index (χ0) is 10.8. The number of hydrogen-bond acceptors (Lipinski definition) is 4. The van der Waals surface area contributed by atoms with Crippen LogP contribution in [0.25, 0.3) is 11.0 Å². The van der Waals surface area contributed by atoms with E-state index in [-0.39, 0.29) is 0 Å². The van der Waals surface area contributed by atoms with Crippen LogP contribution in [0, 0.1) is 0 Å². The third-order valence-corrected chi connectivity index (χ3v) is 1.85. The van der Waals surface area contributed by atoms with Crippen LogP contribution in [-0.4, -0.2) is 40.2 Å². The molecule has 1 aromatic carbocycles. The summed E-state index contributed by atoms with van der Waals surface area (Å²) >= 11 is 0. The van der Waals surface area contributed by atoms with Crippen molar-refractivity contribution >= 4 is 17.1 Å². The Bertz CT molecular complexity index is 492. The predicted octanol–water partition coefficient (Wildman–Crippen LogP) is 0.541. The van der Waals surface area contributed by atoms with Crippen LogP contribution in [0.1, 0.15) is 0 Å². The Balaban J connectivity index is 2.33. The van der Waals surface area contributed by atoms with Crippen LogP contribution in [0.2, 0.25) is 0 Å². The molecule has 0 fully saturated rings. The summed E-state index contributed by atoms with van der Waals surface area (Å²) in [6, 6.07) is 7.24. The predicted molar refractivity (Wildman–Crippen MR) is 53.2 cm³/mol. The molecule has 15 heavy (non-hydrogen) atoms. The average Bonchev–Trinajstić information content (AvgIpc) is 2.62. The lowest BCUT2D eigenvalue weighted by atomic mass is 10.3. The number of rotatable bonds is 1. The van der Waals surface area contributed by atoms with E-state index < -0.39 is 6.09 Å². The number of carbonyl (C=O) groups excluding carboxylic acids is 1. The summed E-state index contributed by atoms with van der Waals surface area (Å²) in [4.78, 5) is 18.7. The molecule has 0 saturated carbocycles. The Labute approximate surface area is 86.0 Å². The van der Waals surface area contributed by atoms with Gasteiger partial charge in [0.1, 0.15) is 11.0 Å². The number of fused-ring (bicyclic) bond motifs is 1. The van der Waals surface area contributed by atoms with E-state index in [2.05, 4.69) is 10.3 Å². The van der Waals surface area contributed by atoms with Crippen molar-refractivity contribution in [2.75, 3.05) is 14.1 Å². The summed E-state index contributed by atoms with van der Waals surface area (Å²) in [6.45, 7) is 0. The maximum Gasteiger partial charge on any atom is 0.435 e. The third-order valence-electron chi connectivity index (χ3n) is 1.85. The van der Waals surface area contributed by atoms with Crippen LogP contribution in [-0.2, 0) is 0 Å². The maximum atomic E-state index is 11.3. The molecule has 2 aromatic rings. The molecule has 6 heteroatoms. The molecule has 1 aromatic heterocycles. The zero-order valence-corrected chi connectivity index (χ0v) is 8.41. The Morgan fingerprint density at radius 2 is 2.13 bits per heavy atom. The van der Waals surface area contributed by atoms with E-state index in [9.17, 15) is 4.79 Å². The largest absolute Gasteiger partial charge is 0.435 e. The number of aromatic nitrogens is 3. The normalized spacial score (nSPS) is 10.3. The molecule has 6 nitrogen and oxygen atoms in total. The van der Waals surface area contributed by atoms with Crippen LogP contribution < -0.4 is 4.84 Å². The molecule has 0 bridgehead atoms. The van der Waals surface area contributed by atoms with Crippen molar-refractivity contribution in [1.29, 1.82) is 0 Å². The molecule has 0 spiro atoms. The van der Waals surface area contributed by atoms with Gasteiger partial charge in [-0.25, -0.2) is 4.79 Å². The van der Waals surface area contributed by atoms with Crippen molar-refractivity contribution in [3.63, 3.8) is 0 Å². The molecular weight excluding hydrogens is 196 g/mol. The van der Waals surface area contributed by atoms with E-state index in [1.54, 1.807) is 26.2 Å². The average molecular weight is 206 g/mol. The maximum absolute atomic E-state index is 11.3. The monoisotopic (exact) mass is 206 g/mol. The van der Waals surface area contributed by atoms with Crippen molar-refractivity contribution in [2.24, 2.45) is 0 Å². The number of carbonyl (C=O) groups is 1. The standard InChI is InChI=1S/C9H10N4O2/c1-12(2)9(14)15-13-8-6-4-3-5-7(8)10-11-13/h3-6H,1-2H3. The topological polar surface area (TPSA) is 60.2 Å². The first kappa shape index (κ1) is 9.45. The van der Waals surface area contributed by atoms with Crippen LogP contribution in [0.4, 0.5) is 4.79 Å². The summed E-state index contributed by atoms with van der Waals surface area (Å²) in [5.41, 5.74) is 1.34.